The van der Waals surface area contributed by atoms with Gasteiger partial charge in [-0.2, -0.15) is 0 Å². The molecule has 1 amide bonds. The molecule has 0 aliphatic heterocycles. The Morgan fingerprint density at radius 1 is 1.30 bits per heavy atom. The Hall–Kier alpha value is -1.02. The van der Waals surface area contributed by atoms with Crippen molar-refractivity contribution in [3.63, 3.8) is 0 Å². The summed E-state index contributed by atoms with van der Waals surface area (Å²) in [6, 6.07) is 10.5. The molecule has 0 spiro atoms. The molecule has 1 fully saturated rings. The van der Waals surface area contributed by atoms with Crippen molar-refractivity contribution in [2.75, 3.05) is 12.4 Å². The summed E-state index contributed by atoms with van der Waals surface area (Å²) in [6.07, 6.45) is 4.38. The predicted molar refractivity (Wildman–Crippen MR) is 84.2 cm³/mol. The number of carbonyl (C=O) groups is 1. The third-order valence-electron chi connectivity index (χ3n) is 4.34. The molecule has 1 aliphatic rings. The molecule has 0 aromatic heterocycles. The monoisotopic (exact) mass is 293 g/mol. The lowest BCUT2D eigenvalue weighted by Gasteiger charge is -2.41. The van der Waals surface area contributed by atoms with Crippen LogP contribution in [0.5, 0.6) is 0 Å². The Morgan fingerprint density at radius 2 is 1.95 bits per heavy atom. The maximum absolute atomic E-state index is 13.0. The van der Waals surface area contributed by atoms with Gasteiger partial charge in [-0.15, -0.1) is 11.6 Å². The standard InChI is InChI=1S/C17H24ClNO/c1-17(2,14-8-4-3-5-9-14)16(20)19(13-7-12-18)15-10-6-11-15/h3-5,8-9,15H,6-7,10-13H2,1-2H3. The molecule has 0 N–H and O–H groups in total. The van der Waals surface area contributed by atoms with E-state index in [1.165, 1.54) is 6.42 Å². The third kappa shape index (κ3) is 3.17. The van der Waals surface area contributed by atoms with Gasteiger partial charge in [-0.05, 0) is 45.1 Å². The number of hydrogen-bond donors (Lipinski definition) is 0. The minimum absolute atomic E-state index is 0.235. The minimum Gasteiger partial charge on any atom is -0.339 e. The fourth-order valence-corrected chi connectivity index (χ4v) is 2.84. The maximum atomic E-state index is 13.0. The molecule has 110 valence electrons. The van der Waals surface area contributed by atoms with Crippen molar-refractivity contribution in [1.82, 2.24) is 4.90 Å². The predicted octanol–water partition coefficient (Wildman–Crippen LogP) is 3.97. The zero-order valence-corrected chi connectivity index (χ0v) is 13.2. The lowest BCUT2D eigenvalue weighted by molar-refractivity contribution is -0.140. The lowest BCUT2D eigenvalue weighted by Crippen LogP contribution is -2.51. The number of alkyl halides is 1. The highest BCUT2D eigenvalue weighted by Crippen LogP contribution is 2.31. The highest BCUT2D eigenvalue weighted by atomic mass is 35.5. The van der Waals surface area contributed by atoms with E-state index in [2.05, 4.69) is 4.90 Å². The summed E-state index contributed by atoms with van der Waals surface area (Å²) < 4.78 is 0. The third-order valence-corrected chi connectivity index (χ3v) is 4.61. The molecule has 0 atom stereocenters. The highest BCUT2D eigenvalue weighted by molar-refractivity contribution is 6.17. The molecule has 0 radical (unpaired) electrons. The van der Waals surface area contributed by atoms with Gasteiger partial charge >= 0.3 is 0 Å². The van der Waals surface area contributed by atoms with Crippen molar-refractivity contribution >= 4 is 17.5 Å². The summed E-state index contributed by atoms with van der Waals surface area (Å²) in [5.41, 5.74) is 0.614. The fraction of sp³-hybridized carbons (Fsp3) is 0.588. The average molecular weight is 294 g/mol. The van der Waals surface area contributed by atoms with E-state index >= 15 is 0 Å². The summed E-state index contributed by atoms with van der Waals surface area (Å²) >= 11 is 5.81. The second-order valence-corrected chi connectivity index (χ2v) is 6.49. The Labute approximate surface area is 127 Å². The van der Waals surface area contributed by atoms with Crippen LogP contribution >= 0.6 is 11.6 Å². The van der Waals surface area contributed by atoms with Crippen molar-refractivity contribution in [1.29, 1.82) is 0 Å². The van der Waals surface area contributed by atoms with E-state index < -0.39 is 5.41 Å². The number of hydrogen-bond acceptors (Lipinski definition) is 1. The second kappa shape index (κ2) is 6.62. The van der Waals surface area contributed by atoms with Gasteiger partial charge in [-0.3, -0.25) is 4.79 Å². The number of nitrogens with zero attached hydrogens (tertiary/aromatic N) is 1. The normalized spacial score (nSPS) is 15.8. The molecule has 1 saturated carbocycles. The first kappa shape index (κ1) is 15.4. The van der Waals surface area contributed by atoms with Crippen LogP contribution in [0.15, 0.2) is 30.3 Å². The van der Waals surface area contributed by atoms with Crippen LogP contribution in [0.1, 0.15) is 45.1 Å². The maximum Gasteiger partial charge on any atom is 0.232 e. The van der Waals surface area contributed by atoms with Crippen LogP contribution in [0.3, 0.4) is 0 Å². The number of rotatable bonds is 6. The van der Waals surface area contributed by atoms with Gasteiger partial charge in [0.1, 0.15) is 0 Å². The van der Waals surface area contributed by atoms with Gasteiger partial charge in [0.2, 0.25) is 5.91 Å². The highest BCUT2D eigenvalue weighted by Gasteiger charge is 2.38. The molecular formula is C17H24ClNO. The molecule has 2 rings (SSSR count). The zero-order valence-electron chi connectivity index (χ0n) is 12.4. The summed E-state index contributed by atoms with van der Waals surface area (Å²) in [5, 5.41) is 0. The van der Waals surface area contributed by atoms with Crippen molar-refractivity contribution in [3.8, 4) is 0 Å². The quantitative estimate of drug-likeness (QED) is 0.727. The molecule has 20 heavy (non-hydrogen) atoms. The van der Waals surface area contributed by atoms with Crippen LogP contribution in [0.25, 0.3) is 0 Å². The first-order valence-corrected chi connectivity index (χ1v) is 8.03. The molecule has 2 nitrogen and oxygen atoms in total. The lowest BCUT2D eigenvalue weighted by atomic mass is 9.81. The van der Waals surface area contributed by atoms with E-state index in [0.29, 0.717) is 11.9 Å². The fourth-order valence-electron chi connectivity index (χ4n) is 2.72. The van der Waals surface area contributed by atoms with Crippen LogP contribution in [-0.2, 0) is 10.2 Å². The number of amides is 1. The smallest absolute Gasteiger partial charge is 0.232 e. The molecule has 0 heterocycles. The van der Waals surface area contributed by atoms with Gasteiger partial charge in [0.05, 0.1) is 5.41 Å². The topological polar surface area (TPSA) is 20.3 Å². The molecule has 3 heteroatoms. The van der Waals surface area contributed by atoms with Crippen LogP contribution < -0.4 is 0 Å². The van der Waals surface area contributed by atoms with Gasteiger partial charge in [-0.25, -0.2) is 0 Å². The zero-order chi connectivity index (χ0) is 14.6. The van der Waals surface area contributed by atoms with E-state index in [1.807, 2.05) is 44.2 Å². The van der Waals surface area contributed by atoms with Crippen LogP contribution in [0.2, 0.25) is 0 Å². The second-order valence-electron chi connectivity index (χ2n) is 6.12. The first-order chi connectivity index (χ1) is 9.57. The Bertz CT molecular complexity index is 440. The van der Waals surface area contributed by atoms with Crippen molar-refractivity contribution in [2.24, 2.45) is 0 Å². The molecule has 0 saturated heterocycles. The Kier molecular flexibility index (Phi) is 5.09. The summed E-state index contributed by atoms with van der Waals surface area (Å²) in [4.78, 5) is 15.1. The molecule has 1 aliphatic carbocycles. The first-order valence-electron chi connectivity index (χ1n) is 7.50. The molecule has 1 aromatic carbocycles. The minimum atomic E-state index is -0.469. The van der Waals surface area contributed by atoms with E-state index in [1.54, 1.807) is 0 Å². The van der Waals surface area contributed by atoms with Crippen LogP contribution in [0, 0.1) is 0 Å². The molecule has 0 bridgehead atoms. The van der Waals surface area contributed by atoms with Gasteiger partial charge < -0.3 is 4.90 Å². The average Bonchev–Trinajstić information content (AvgIpc) is 2.41. The van der Waals surface area contributed by atoms with E-state index in [0.717, 1.165) is 31.4 Å². The Morgan fingerprint density at radius 3 is 2.45 bits per heavy atom. The van der Waals surface area contributed by atoms with E-state index in [4.69, 9.17) is 11.6 Å². The van der Waals surface area contributed by atoms with Gasteiger partial charge in [0.25, 0.3) is 0 Å². The number of benzene rings is 1. The van der Waals surface area contributed by atoms with Crippen molar-refractivity contribution < 1.29 is 4.79 Å². The molecular weight excluding hydrogens is 270 g/mol. The number of halogens is 1. The van der Waals surface area contributed by atoms with E-state index in [9.17, 15) is 4.79 Å². The van der Waals surface area contributed by atoms with Gasteiger partial charge in [0, 0.05) is 18.5 Å². The summed E-state index contributed by atoms with van der Waals surface area (Å²) in [6.45, 7) is 4.83. The van der Waals surface area contributed by atoms with E-state index in [-0.39, 0.29) is 5.91 Å². The van der Waals surface area contributed by atoms with Gasteiger partial charge in [0.15, 0.2) is 0 Å². The Balaban J connectivity index is 2.17. The summed E-state index contributed by atoms with van der Waals surface area (Å²) in [7, 11) is 0. The number of carbonyl (C=O) groups excluding carboxylic acids is 1. The molecule has 1 aromatic rings. The van der Waals surface area contributed by atoms with Crippen LogP contribution in [-0.4, -0.2) is 29.3 Å². The van der Waals surface area contributed by atoms with Crippen LogP contribution in [0.4, 0.5) is 0 Å². The summed E-state index contributed by atoms with van der Waals surface area (Å²) in [5.74, 6) is 0.848. The molecule has 0 unspecified atom stereocenters. The SMILES string of the molecule is CC(C)(C(=O)N(CCCCl)C1CCC1)c1ccccc1. The van der Waals surface area contributed by atoms with Crippen molar-refractivity contribution in [2.45, 2.75) is 51.0 Å². The van der Waals surface area contributed by atoms with Gasteiger partial charge in [-0.1, -0.05) is 30.3 Å². The van der Waals surface area contributed by atoms with Crippen molar-refractivity contribution in [3.05, 3.63) is 35.9 Å². The largest absolute Gasteiger partial charge is 0.339 e.